The highest BCUT2D eigenvalue weighted by molar-refractivity contribution is 7.19. The standard InChI is InChI=1S/C20H16F2N6OS/c1-28-17(10-4-2-5-11(23)8-10)14(9-25-28)26-19(29)16-18(24)30-20(27-16)15-12(21)6-3-7-13(15)22/h2-9H,23-24H2,1H3,(H,26,29). The van der Waals surface area contributed by atoms with Gasteiger partial charge in [0.2, 0.25) is 0 Å². The number of hydrogen-bond acceptors (Lipinski definition) is 6. The molecule has 152 valence electrons. The minimum absolute atomic E-state index is 0.0181. The van der Waals surface area contributed by atoms with E-state index in [0.29, 0.717) is 17.1 Å². The summed E-state index contributed by atoms with van der Waals surface area (Å²) in [4.78, 5) is 16.9. The maximum Gasteiger partial charge on any atom is 0.277 e. The van der Waals surface area contributed by atoms with E-state index in [-0.39, 0.29) is 21.3 Å². The Hall–Kier alpha value is -3.79. The number of aromatic nitrogens is 3. The van der Waals surface area contributed by atoms with E-state index < -0.39 is 17.5 Å². The van der Waals surface area contributed by atoms with Gasteiger partial charge in [0.05, 0.1) is 23.1 Å². The van der Waals surface area contributed by atoms with Gasteiger partial charge < -0.3 is 16.8 Å². The summed E-state index contributed by atoms with van der Waals surface area (Å²) in [5.74, 6) is -2.19. The number of anilines is 3. The number of nitrogens with zero attached hydrogens (tertiary/aromatic N) is 3. The number of hydrogen-bond donors (Lipinski definition) is 3. The van der Waals surface area contributed by atoms with Crippen LogP contribution < -0.4 is 16.8 Å². The van der Waals surface area contributed by atoms with Crippen LogP contribution in [-0.4, -0.2) is 20.7 Å². The second kappa shape index (κ2) is 7.56. The number of aryl methyl sites for hydroxylation is 1. The molecule has 0 aliphatic carbocycles. The molecule has 0 saturated carbocycles. The molecule has 2 aromatic heterocycles. The summed E-state index contributed by atoms with van der Waals surface area (Å²) in [6.45, 7) is 0. The first kappa shape index (κ1) is 19.5. The average Bonchev–Trinajstić information content (AvgIpc) is 3.24. The lowest BCUT2D eigenvalue weighted by Gasteiger charge is -2.08. The van der Waals surface area contributed by atoms with Gasteiger partial charge in [-0.2, -0.15) is 5.10 Å². The summed E-state index contributed by atoms with van der Waals surface area (Å²) in [6.07, 6.45) is 1.48. The first-order chi connectivity index (χ1) is 14.3. The molecule has 0 radical (unpaired) electrons. The van der Waals surface area contributed by atoms with E-state index in [4.69, 9.17) is 11.5 Å². The van der Waals surface area contributed by atoms with Crippen LogP contribution in [0.4, 0.5) is 25.2 Å². The molecule has 0 atom stereocenters. The highest BCUT2D eigenvalue weighted by Crippen LogP contribution is 2.34. The van der Waals surface area contributed by atoms with Gasteiger partial charge in [0.1, 0.15) is 21.6 Å². The predicted octanol–water partition coefficient (Wildman–Crippen LogP) is 3.91. The van der Waals surface area contributed by atoms with Crippen LogP contribution in [0, 0.1) is 11.6 Å². The Balaban J connectivity index is 1.68. The highest BCUT2D eigenvalue weighted by Gasteiger charge is 2.23. The van der Waals surface area contributed by atoms with Crippen molar-refractivity contribution < 1.29 is 13.6 Å². The minimum Gasteiger partial charge on any atom is -0.399 e. The van der Waals surface area contributed by atoms with Gasteiger partial charge in [0.25, 0.3) is 5.91 Å². The second-order valence-corrected chi connectivity index (χ2v) is 7.47. The van der Waals surface area contributed by atoms with Gasteiger partial charge in [-0.3, -0.25) is 9.48 Å². The van der Waals surface area contributed by atoms with Crippen molar-refractivity contribution in [2.24, 2.45) is 7.05 Å². The Labute approximate surface area is 174 Å². The van der Waals surface area contributed by atoms with Crippen LogP contribution in [0.15, 0.2) is 48.7 Å². The molecule has 0 unspecified atom stereocenters. The normalized spacial score (nSPS) is 10.9. The van der Waals surface area contributed by atoms with Gasteiger partial charge in [-0.15, -0.1) is 0 Å². The molecule has 0 aliphatic heterocycles. The number of nitrogens with one attached hydrogen (secondary N) is 1. The maximum atomic E-state index is 14.1. The molecule has 0 aliphatic rings. The van der Waals surface area contributed by atoms with E-state index in [9.17, 15) is 13.6 Å². The number of nitrogens with two attached hydrogens (primary N) is 2. The van der Waals surface area contributed by atoms with Crippen LogP contribution in [0.1, 0.15) is 10.5 Å². The molecule has 1 amide bonds. The Kier molecular flexibility index (Phi) is 4.92. The Bertz CT molecular complexity index is 1250. The zero-order valence-electron chi connectivity index (χ0n) is 15.7. The van der Waals surface area contributed by atoms with E-state index in [0.717, 1.165) is 29.0 Å². The van der Waals surface area contributed by atoms with Crippen molar-refractivity contribution in [1.29, 1.82) is 0 Å². The van der Waals surface area contributed by atoms with Crippen molar-refractivity contribution >= 4 is 33.6 Å². The number of rotatable bonds is 4. The summed E-state index contributed by atoms with van der Waals surface area (Å²) in [7, 11) is 1.73. The van der Waals surface area contributed by atoms with Gasteiger partial charge in [-0.05, 0) is 24.3 Å². The van der Waals surface area contributed by atoms with Crippen molar-refractivity contribution in [2.45, 2.75) is 0 Å². The number of nitrogen functional groups attached to an aromatic ring is 2. The molecule has 0 spiro atoms. The van der Waals surface area contributed by atoms with E-state index in [2.05, 4.69) is 15.4 Å². The predicted molar refractivity (Wildman–Crippen MR) is 113 cm³/mol. The monoisotopic (exact) mass is 426 g/mol. The maximum absolute atomic E-state index is 14.1. The first-order valence-electron chi connectivity index (χ1n) is 8.75. The fraction of sp³-hybridized carbons (Fsp3) is 0.0500. The largest absolute Gasteiger partial charge is 0.399 e. The van der Waals surface area contributed by atoms with Crippen LogP contribution in [0.25, 0.3) is 21.8 Å². The van der Waals surface area contributed by atoms with Crippen LogP contribution in [0.5, 0.6) is 0 Å². The minimum atomic E-state index is -0.785. The molecule has 2 aromatic carbocycles. The van der Waals surface area contributed by atoms with E-state index in [1.807, 2.05) is 6.07 Å². The lowest BCUT2D eigenvalue weighted by atomic mass is 10.1. The van der Waals surface area contributed by atoms with E-state index in [1.165, 1.54) is 12.3 Å². The molecule has 2 heterocycles. The molecule has 4 rings (SSSR count). The number of amides is 1. The average molecular weight is 426 g/mol. The zero-order valence-corrected chi connectivity index (χ0v) is 16.5. The summed E-state index contributed by atoms with van der Waals surface area (Å²) >= 11 is 0.831. The van der Waals surface area contributed by atoms with Crippen molar-refractivity contribution in [2.75, 3.05) is 16.8 Å². The number of halogens is 2. The molecular formula is C20H16F2N6OS. The number of benzene rings is 2. The van der Waals surface area contributed by atoms with Crippen molar-refractivity contribution in [3.8, 4) is 21.8 Å². The smallest absolute Gasteiger partial charge is 0.277 e. The Morgan fingerprint density at radius 2 is 1.83 bits per heavy atom. The van der Waals surface area contributed by atoms with Crippen LogP contribution in [0.3, 0.4) is 0 Å². The van der Waals surface area contributed by atoms with E-state index in [1.54, 1.807) is 29.9 Å². The number of carbonyl (C=O) groups excluding carboxylic acids is 1. The third kappa shape index (κ3) is 3.48. The molecule has 7 nitrogen and oxygen atoms in total. The molecule has 0 fully saturated rings. The second-order valence-electron chi connectivity index (χ2n) is 6.44. The SMILES string of the molecule is Cn1ncc(NC(=O)c2nc(-c3c(F)cccc3F)sc2N)c1-c1cccc(N)c1. The molecule has 4 aromatic rings. The van der Waals surface area contributed by atoms with Crippen LogP contribution >= 0.6 is 11.3 Å². The fourth-order valence-electron chi connectivity index (χ4n) is 3.04. The third-order valence-electron chi connectivity index (χ3n) is 4.39. The molecule has 10 heteroatoms. The molecule has 0 saturated heterocycles. The first-order valence-corrected chi connectivity index (χ1v) is 9.56. The van der Waals surface area contributed by atoms with Crippen molar-refractivity contribution in [3.63, 3.8) is 0 Å². The molecule has 5 N–H and O–H groups in total. The lowest BCUT2D eigenvalue weighted by molar-refractivity contribution is 0.102. The third-order valence-corrected chi connectivity index (χ3v) is 5.29. The van der Waals surface area contributed by atoms with Gasteiger partial charge >= 0.3 is 0 Å². The lowest BCUT2D eigenvalue weighted by Crippen LogP contribution is -2.14. The zero-order chi connectivity index (χ0) is 21.4. The van der Waals surface area contributed by atoms with Gasteiger partial charge in [0.15, 0.2) is 5.69 Å². The highest BCUT2D eigenvalue weighted by atomic mass is 32.1. The number of carbonyl (C=O) groups is 1. The van der Waals surface area contributed by atoms with Gasteiger partial charge in [0, 0.05) is 18.3 Å². The molecular weight excluding hydrogens is 410 g/mol. The van der Waals surface area contributed by atoms with Crippen LogP contribution in [0.2, 0.25) is 0 Å². The summed E-state index contributed by atoms with van der Waals surface area (Å²) < 4.78 is 29.7. The topological polar surface area (TPSA) is 112 Å². The summed E-state index contributed by atoms with van der Waals surface area (Å²) in [6, 6.07) is 10.6. The Morgan fingerprint density at radius 1 is 1.13 bits per heavy atom. The van der Waals surface area contributed by atoms with Crippen LogP contribution in [-0.2, 0) is 7.05 Å². The van der Waals surface area contributed by atoms with E-state index >= 15 is 0 Å². The molecule has 0 bridgehead atoms. The summed E-state index contributed by atoms with van der Waals surface area (Å²) in [5, 5.41) is 6.92. The van der Waals surface area contributed by atoms with Gasteiger partial charge in [-0.25, -0.2) is 13.8 Å². The Morgan fingerprint density at radius 3 is 2.53 bits per heavy atom. The van der Waals surface area contributed by atoms with Crippen molar-refractivity contribution in [1.82, 2.24) is 14.8 Å². The van der Waals surface area contributed by atoms with Crippen molar-refractivity contribution in [3.05, 3.63) is 66.0 Å². The quantitative estimate of drug-likeness (QED) is 0.429. The number of thiazole rings is 1. The fourth-order valence-corrected chi connectivity index (χ4v) is 3.92. The molecule has 30 heavy (non-hydrogen) atoms. The van der Waals surface area contributed by atoms with Gasteiger partial charge in [-0.1, -0.05) is 29.5 Å². The summed E-state index contributed by atoms with van der Waals surface area (Å²) in [5.41, 5.74) is 13.7.